The van der Waals surface area contributed by atoms with Crippen LogP contribution >= 0.6 is 11.3 Å². The Balaban J connectivity index is 1.97. The third kappa shape index (κ3) is 2.44. The van der Waals surface area contributed by atoms with Crippen LogP contribution in [0.3, 0.4) is 0 Å². The molecule has 0 atom stereocenters. The molecule has 0 aliphatic heterocycles. The molecule has 1 aliphatic rings. The Labute approximate surface area is 130 Å². The fourth-order valence-corrected chi connectivity index (χ4v) is 3.66. The van der Waals surface area contributed by atoms with Crippen molar-refractivity contribution in [1.29, 1.82) is 5.26 Å². The highest BCUT2D eigenvalue weighted by molar-refractivity contribution is 7.16. The number of hydrogen-bond acceptors (Lipinski definition) is 6. The van der Waals surface area contributed by atoms with E-state index in [-0.39, 0.29) is 17.0 Å². The Hall–Kier alpha value is -2.72. The smallest absolute Gasteiger partial charge is 0.270 e. The number of nitriles is 1. The van der Waals surface area contributed by atoms with Gasteiger partial charge in [-0.25, -0.2) is 4.99 Å². The van der Waals surface area contributed by atoms with Crippen molar-refractivity contribution in [2.24, 2.45) is 4.99 Å². The first-order valence-electron chi connectivity index (χ1n) is 6.64. The first-order chi connectivity index (χ1) is 10.6. The predicted octanol–water partition coefficient (Wildman–Crippen LogP) is 2.84. The first-order valence-corrected chi connectivity index (χ1v) is 7.46. The second-order valence-electron chi connectivity index (χ2n) is 4.89. The van der Waals surface area contributed by atoms with Gasteiger partial charge in [-0.3, -0.25) is 10.1 Å². The molecule has 1 aliphatic carbocycles. The lowest BCUT2D eigenvalue weighted by molar-refractivity contribution is -0.385. The minimum Gasteiger partial charge on any atom is -0.872 e. The number of fused-ring (bicyclic) bond motifs is 1. The lowest BCUT2D eigenvalue weighted by Crippen LogP contribution is -1.98. The lowest BCUT2D eigenvalue weighted by Gasteiger charge is -2.08. The number of non-ortho nitro benzene ring substituents is 1. The van der Waals surface area contributed by atoms with Gasteiger partial charge in [0.05, 0.1) is 10.5 Å². The third-order valence-corrected chi connectivity index (χ3v) is 4.74. The van der Waals surface area contributed by atoms with E-state index < -0.39 is 4.92 Å². The fraction of sp³-hybridized carbons (Fsp3) is 0.200. The third-order valence-electron chi connectivity index (χ3n) is 3.54. The Kier molecular flexibility index (Phi) is 3.61. The van der Waals surface area contributed by atoms with E-state index in [1.54, 1.807) is 0 Å². The zero-order valence-electron chi connectivity index (χ0n) is 11.4. The summed E-state index contributed by atoms with van der Waals surface area (Å²) in [5, 5.41) is 32.3. The van der Waals surface area contributed by atoms with E-state index in [1.165, 1.54) is 34.6 Å². The molecule has 1 aromatic heterocycles. The molecule has 0 bridgehead atoms. The Morgan fingerprint density at radius 1 is 1.41 bits per heavy atom. The van der Waals surface area contributed by atoms with E-state index in [9.17, 15) is 20.5 Å². The van der Waals surface area contributed by atoms with Crippen LogP contribution in [-0.2, 0) is 12.8 Å². The number of thiophene rings is 1. The van der Waals surface area contributed by atoms with Crippen molar-refractivity contribution in [1.82, 2.24) is 0 Å². The largest absolute Gasteiger partial charge is 0.872 e. The second-order valence-corrected chi connectivity index (χ2v) is 5.97. The van der Waals surface area contributed by atoms with Crippen LogP contribution in [0.25, 0.3) is 0 Å². The summed E-state index contributed by atoms with van der Waals surface area (Å²) in [7, 11) is 0. The Morgan fingerprint density at radius 3 is 2.95 bits per heavy atom. The topological polar surface area (TPSA) is 102 Å². The summed E-state index contributed by atoms with van der Waals surface area (Å²) in [6.45, 7) is 0. The van der Waals surface area contributed by atoms with Crippen molar-refractivity contribution in [3.05, 3.63) is 49.9 Å². The van der Waals surface area contributed by atoms with Gasteiger partial charge in [-0.1, -0.05) is 11.8 Å². The molecule has 1 aromatic carbocycles. The summed E-state index contributed by atoms with van der Waals surface area (Å²) in [5.41, 5.74) is 1.61. The number of benzene rings is 1. The molecule has 0 amide bonds. The molecule has 3 rings (SSSR count). The van der Waals surface area contributed by atoms with E-state index in [1.807, 2.05) is 0 Å². The summed E-state index contributed by atoms with van der Waals surface area (Å²) in [4.78, 5) is 15.6. The molecular formula is C15H10N3O3S-. The average molecular weight is 312 g/mol. The summed E-state index contributed by atoms with van der Waals surface area (Å²) in [6, 6.07) is 5.68. The van der Waals surface area contributed by atoms with Gasteiger partial charge in [0, 0.05) is 23.2 Å². The van der Waals surface area contributed by atoms with E-state index >= 15 is 0 Å². The maximum atomic E-state index is 11.7. The normalized spacial score (nSPS) is 13.2. The van der Waals surface area contributed by atoms with Crippen molar-refractivity contribution >= 4 is 28.2 Å². The van der Waals surface area contributed by atoms with E-state index in [0.717, 1.165) is 30.9 Å². The molecule has 2 aromatic rings. The Morgan fingerprint density at radius 2 is 2.23 bits per heavy atom. The quantitative estimate of drug-likeness (QED) is 0.494. The standard InChI is InChI=1S/C15H11N3O3S/c16-7-12-11-2-1-3-14(11)22-15(12)17-8-9-6-10(18(20)21)4-5-13(9)19/h4-6,8,19H,1-3H2/p-1. The van der Waals surface area contributed by atoms with Gasteiger partial charge in [0.2, 0.25) is 0 Å². The second kappa shape index (κ2) is 5.58. The van der Waals surface area contributed by atoms with Crippen molar-refractivity contribution in [3.63, 3.8) is 0 Å². The van der Waals surface area contributed by atoms with Gasteiger partial charge in [0.15, 0.2) is 0 Å². The van der Waals surface area contributed by atoms with Gasteiger partial charge in [-0.2, -0.15) is 5.26 Å². The van der Waals surface area contributed by atoms with Crippen LogP contribution in [0.5, 0.6) is 5.75 Å². The maximum absolute atomic E-state index is 11.7. The van der Waals surface area contributed by atoms with Crippen molar-refractivity contribution in [2.45, 2.75) is 19.3 Å². The summed E-state index contributed by atoms with van der Waals surface area (Å²) < 4.78 is 0. The highest BCUT2D eigenvalue weighted by Gasteiger charge is 2.21. The summed E-state index contributed by atoms with van der Waals surface area (Å²) in [5.74, 6) is -0.336. The van der Waals surface area contributed by atoms with E-state index in [4.69, 9.17) is 0 Å². The van der Waals surface area contributed by atoms with Crippen molar-refractivity contribution in [3.8, 4) is 11.8 Å². The number of aliphatic imine (C=N–C) groups is 1. The zero-order valence-corrected chi connectivity index (χ0v) is 12.2. The molecule has 0 fully saturated rings. The molecule has 110 valence electrons. The zero-order chi connectivity index (χ0) is 15.7. The van der Waals surface area contributed by atoms with Crippen LogP contribution < -0.4 is 5.11 Å². The van der Waals surface area contributed by atoms with Crippen LogP contribution in [0.1, 0.15) is 28.0 Å². The molecule has 0 spiro atoms. The summed E-state index contributed by atoms with van der Waals surface area (Å²) in [6.07, 6.45) is 4.19. The number of rotatable bonds is 3. The first kappa shape index (κ1) is 14.2. The lowest BCUT2D eigenvalue weighted by atomic mass is 10.1. The van der Waals surface area contributed by atoms with Crippen LogP contribution in [0.15, 0.2) is 23.2 Å². The van der Waals surface area contributed by atoms with Crippen LogP contribution in [0.4, 0.5) is 10.7 Å². The fourth-order valence-electron chi connectivity index (χ4n) is 2.47. The van der Waals surface area contributed by atoms with Gasteiger partial charge < -0.3 is 5.11 Å². The number of aryl methyl sites for hydroxylation is 1. The minimum absolute atomic E-state index is 0.145. The highest BCUT2D eigenvalue weighted by Crippen LogP contribution is 2.40. The monoisotopic (exact) mass is 312 g/mol. The predicted molar refractivity (Wildman–Crippen MR) is 80.9 cm³/mol. The van der Waals surface area contributed by atoms with E-state index in [2.05, 4.69) is 11.1 Å². The number of hydrogen-bond donors (Lipinski definition) is 0. The molecule has 0 unspecified atom stereocenters. The van der Waals surface area contributed by atoms with Crippen LogP contribution in [-0.4, -0.2) is 11.1 Å². The van der Waals surface area contributed by atoms with Gasteiger partial charge in [-0.05, 0) is 30.4 Å². The minimum atomic E-state index is -0.558. The highest BCUT2D eigenvalue weighted by atomic mass is 32.1. The number of nitro benzene ring substituents is 1. The molecule has 0 saturated heterocycles. The molecule has 0 N–H and O–H groups in total. The SMILES string of the molecule is N#Cc1c(N=Cc2cc([N+](=O)[O-])ccc2[O-])sc2c1CCC2. The van der Waals surface area contributed by atoms with Crippen LogP contribution in [0, 0.1) is 21.4 Å². The summed E-state index contributed by atoms with van der Waals surface area (Å²) >= 11 is 1.45. The van der Waals surface area contributed by atoms with E-state index in [0.29, 0.717) is 10.6 Å². The van der Waals surface area contributed by atoms with Gasteiger partial charge >= 0.3 is 0 Å². The van der Waals surface area contributed by atoms with Crippen molar-refractivity contribution in [2.75, 3.05) is 0 Å². The molecule has 22 heavy (non-hydrogen) atoms. The Bertz CT molecular complexity index is 833. The number of nitrogens with zero attached hydrogens (tertiary/aromatic N) is 3. The molecule has 0 saturated carbocycles. The van der Waals surface area contributed by atoms with Crippen LogP contribution in [0.2, 0.25) is 0 Å². The van der Waals surface area contributed by atoms with Gasteiger partial charge in [0.1, 0.15) is 11.1 Å². The molecule has 1 heterocycles. The number of nitro groups is 1. The maximum Gasteiger partial charge on any atom is 0.270 e. The molecular weight excluding hydrogens is 302 g/mol. The van der Waals surface area contributed by atoms with Gasteiger partial charge in [-0.15, -0.1) is 11.3 Å². The molecule has 7 heteroatoms. The van der Waals surface area contributed by atoms with Gasteiger partial charge in [0.25, 0.3) is 5.69 Å². The van der Waals surface area contributed by atoms with Crippen molar-refractivity contribution < 1.29 is 10.0 Å². The molecule has 6 nitrogen and oxygen atoms in total. The average Bonchev–Trinajstić information content (AvgIpc) is 3.06. The molecule has 0 radical (unpaired) electrons.